The van der Waals surface area contributed by atoms with Crippen LogP contribution in [0.25, 0.3) is 28.0 Å². The van der Waals surface area contributed by atoms with Gasteiger partial charge in [-0.3, -0.25) is 4.79 Å². The Hall–Kier alpha value is -4.62. The summed E-state index contributed by atoms with van der Waals surface area (Å²) in [6.07, 6.45) is 1.30. The molecular formula is C36H43ClFN9O3. The fourth-order valence-corrected chi connectivity index (χ4v) is 7.06. The number of rotatable bonds is 7. The lowest BCUT2D eigenvalue weighted by Gasteiger charge is -2.44. The number of nitrogens with zero attached hydrogens (tertiary/aromatic N) is 8. The molecule has 3 aromatic heterocycles. The number of carbonyl (C=O) groups excluding carboxylic acids is 1. The van der Waals surface area contributed by atoms with Crippen LogP contribution in [0.3, 0.4) is 0 Å². The second-order valence-electron chi connectivity index (χ2n) is 13.6. The van der Waals surface area contributed by atoms with Crippen LogP contribution in [0.15, 0.2) is 41.7 Å². The van der Waals surface area contributed by atoms with Crippen molar-refractivity contribution in [2.75, 3.05) is 49.1 Å². The van der Waals surface area contributed by atoms with Crippen LogP contribution in [-0.2, 0) is 4.79 Å². The monoisotopic (exact) mass is 703 g/mol. The van der Waals surface area contributed by atoms with E-state index >= 15 is 4.39 Å². The molecule has 2 atom stereocenters. The Bertz CT molecular complexity index is 1980. The average Bonchev–Trinajstić information content (AvgIpc) is 3.08. The number of hydrogen-bond donors (Lipinski definition) is 2. The molecule has 0 bridgehead atoms. The zero-order valence-electron chi connectivity index (χ0n) is 29.2. The molecule has 2 saturated heterocycles. The smallest absolute Gasteiger partial charge is 0.355 e. The van der Waals surface area contributed by atoms with E-state index in [4.69, 9.17) is 26.6 Å². The zero-order valence-corrected chi connectivity index (χ0v) is 30.0. The van der Waals surface area contributed by atoms with E-state index in [0.717, 1.165) is 26.2 Å². The predicted molar refractivity (Wildman–Crippen MR) is 194 cm³/mol. The highest BCUT2D eigenvalue weighted by Gasteiger charge is 2.35. The fraction of sp³-hybridized carbons (Fsp3) is 0.444. The Morgan fingerprint density at radius 2 is 1.70 bits per heavy atom. The van der Waals surface area contributed by atoms with E-state index in [9.17, 15) is 14.7 Å². The Labute approximate surface area is 295 Å². The van der Waals surface area contributed by atoms with E-state index in [0.29, 0.717) is 47.3 Å². The van der Waals surface area contributed by atoms with Crippen molar-refractivity contribution in [3.63, 3.8) is 0 Å². The van der Waals surface area contributed by atoms with Gasteiger partial charge in [0.05, 0.1) is 38.7 Å². The molecule has 6 rings (SSSR count). The molecule has 1 aromatic carbocycles. The summed E-state index contributed by atoms with van der Waals surface area (Å²) in [4.78, 5) is 52.7. The quantitative estimate of drug-likeness (QED) is 0.254. The summed E-state index contributed by atoms with van der Waals surface area (Å²) in [6.45, 7) is 19.4. The molecule has 50 heavy (non-hydrogen) atoms. The second-order valence-corrected chi connectivity index (χ2v) is 14.0. The molecule has 264 valence electrons. The molecule has 0 unspecified atom stereocenters. The first-order chi connectivity index (χ1) is 23.8. The van der Waals surface area contributed by atoms with Crippen LogP contribution in [-0.4, -0.2) is 91.8 Å². The van der Waals surface area contributed by atoms with Crippen molar-refractivity contribution in [2.24, 2.45) is 0 Å². The lowest BCUT2D eigenvalue weighted by Crippen LogP contribution is -2.58. The normalized spacial score (nSPS) is 18.4. The number of benzene rings is 1. The van der Waals surface area contributed by atoms with Crippen LogP contribution in [0, 0.1) is 5.82 Å². The highest BCUT2D eigenvalue weighted by atomic mass is 35.5. The van der Waals surface area contributed by atoms with Gasteiger partial charge in [-0.25, -0.2) is 28.7 Å². The van der Waals surface area contributed by atoms with Gasteiger partial charge in [0.25, 0.3) is 0 Å². The van der Waals surface area contributed by atoms with Crippen molar-refractivity contribution in [3.05, 3.63) is 69.6 Å². The lowest BCUT2D eigenvalue weighted by molar-refractivity contribution is -0.128. The maximum Gasteiger partial charge on any atom is 0.355 e. The van der Waals surface area contributed by atoms with Crippen LogP contribution in [0.5, 0.6) is 5.75 Å². The minimum absolute atomic E-state index is 0.0292. The average molecular weight is 704 g/mol. The molecule has 2 N–H and O–H groups in total. The molecule has 2 aliphatic heterocycles. The molecule has 12 nitrogen and oxygen atoms in total. The number of hydrogen-bond acceptors (Lipinski definition) is 10. The van der Waals surface area contributed by atoms with E-state index < -0.39 is 11.5 Å². The third-order valence-electron chi connectivity index (χ3n) is 9.39. The first-order valence-corrected chi connectivity index (χ1v) is 17.4. The van der Waals surface area contributed by atoms with E-state index in [1.165, 1.54) is 28.8 Å². The predicted octanol–water partition coefficient (Wildman–Crippen LogP) is 5.00. The lowest BCUT2D eigenvalue weighted by atomic mass is 10.0. The van der Waals surface area contributed by atoms with Crippen molar-refractivity contribution in [1.82, 2.24) is 34.7 Å². The topological polar surface area (TPSA) is 133 Å². The van der Waals surface area contributed by atoms with Gasteiger partial charge in [0, 0.05) is 51.4 Å². The summed E-state index contributed by atoms with van der Waals surface area (Å²) < 4.78 is 16.8. The molecule has 0 radical (unpaired) electrons. The Morgan fingerprint density at radius 3 is 2.30 bits per heavy atom. The SMILES string of the molecule is C=CC(=O)N1C[C@H](C)N(c2nc(=O)n(-c3c(C(C)C)nc(N4CCNCC4)nc3C(C)C)c3nc(-c4c(O)cccc4F)c(Cl)cc23)C[C@H]1C. The summed E-state index contributed by atoms with van der Waals surface area (Å²) >= 11 is 6.88. The van der Waals surface area contributed by atoms with Crippen molar-refractivity contribution < 1.29 is 14.3 Å². The number of halogens is 2. The summed E-state index contributed by atoms with van der Waals surface area (Å²) in [7, 11) is 0. The molecule has 2 fully saturated rings. The van der Waals surface area contributed by atoms with Gasteiger partial charge in [0.2, 0.25) is 11.9 Å². The number of nitrogens with one attached hydrogen (secondary N) is 1. The number of fused-ring (bicyclic) bond motifs is 1. The van der Waals surface area contributed by atoms with Crippen LogP contribution in [0.2, 0.25) is 5.02 Å². The van der Waals surface area contributed by atoms with E-state index in [1.54, 1.807) is 11.0 Å². The second kappa shape index (κ2) is 13.9. The number of anilines is 2. The van der Waals surface area contributed by atoms with Crippen LogP contribution < -0.4 is 20.8 Å². The molecule has 5 heterocycles. The third-order valence-corrected chi connectivity index (χ3v) is 9.68. The number of pyridine rings is 1. The van der Waals surface area contributed by atoms with Crippen LogP contribution >= 0.6 is 11.6 Å². The van der Waals surface area contributed by atoms with E-state index in [1.807, 2.05) is 46.4 Å². The summed E-state index contributed by atoms with van der Waals surface area (Å²) in [5, 5.41) is 14.6. The van der Waals surface area contributed by atoms with Gasteiger partial charge in [-0.2, -0.15) is 4.98 Å². The summed E-state index contributed by atoms with van der Waals surface area (Å²) in [5.74, 6) is -0.584. The standard InChI is InChI=1S/C36H43ClFN9O3/c1-8-27(49)45-17-22(7)46(18-21(45)6)33-23-16-24(37)31(28-25(38)10-9-11-26(28)48)40-34(23)47(36(50)43-33)32-29(19(2)3)41-35(42-30(32)20(4)5)44-14-12-39-13-15-44/h8-11,16,19-22,39,48H,1,12-15,17-18H2,2-7H3/t21-,22+/m1/s1. The molecule has 0 saturated carbocycles. The van der Waals surface area contributed by atoms with Gasteiger partial charge in [-0.05, 0) is 50.0 Å². The van der Waals surface area contributed by atoms with E-state index in [2.05, 4.69) is 21.8 Å². The molecule has 0 aliphatic carbocycles. The first kappa shape index (κ1) is 35.2. The third kappa shape index (κ3) is 6.28. The molecular weight excluding hydrogens is 661 g/mol. The zero-order chi connectivity index (χ0) is 36.0. The van der Waals surface area contributed by atoms with Crippen molar-refractivity contribution in [2.45, 2.75) is 65.5 Å². The Kier molecular flexibility index (Phi) is 9.82. The molecule has 14 heteroatoms. The number of phenols is 1. The number of aromatic hydroxyl groups is 1. The van der Waals surface area contributed by atoms with Crippen LogP contribution in [0.4, 0.5) is 16.2 Å². The molecule has 1 amide bonds. The van der Waals surface area contributed by atoms with Gasteiger partial charge in [0.15, 0.2) is 5.65 Å². The summed E-state index contributed by atoms with van der Waals surface area (Å²) in [6, 6.07) is 5.11. The van der Waals surface area contributed by atoms with Gasteiger partial charge in [-0.15, -0.1) is 0 Å². The van der Waals surface area contributed by atoms with Crippen molar-refractivity contribution >= 4 is 40.3 Å². The maximum atomic E-state index is 15.4. The van der Waals surface area contributed by atoms with Crippen molar-refractivity contribution in [1.29, 1.82) is 0 Å². The first-order valence-electron chi connectivity index (χ1n) is 17.0. The number of carbonyl (C=O) groups is 1. The van der Waals surface area contributed by atoms with Gasteiger partial charge >= 0.3 is 5.69 Å². The Balaban J connectivity index is 1.67. The minimum Gasteiger partial charge on any atom is -0.507 e. The Morgan fingerprint density at radius 1 is 1.04 bits per heavy atom. The fourth-order valence-electron chi connectivity index (χ4n) is 6.81. The van der Waals surface area contributed by atoms with E-state index in [-0.39, 0.29) is 57.5 Å². The highest BCUT2D eigenvalue weighted by molar-refractivity contribution is 6.34. The molecule has 2 aliphatic rings. The van der Waals surface area contributed by atoms with Crippen LogP contribution in [0.1, 0.15) is 64.8 Å². The molecule has 0 spiro atoms. The summed E-state index contributed by atoms with van der Waals surface area (Å²) in [5.41, 5.74) is 1.06. The maximum absolute atomic E-state index is 15.4. The van der Waals surface area contributed by atoms with Gasteiger partial charge in [0.1, 0.15) is 17.4 Å². The number of piperazine rings is 2. The van der Waals surface area contributed by atoms with Gasteiger partial charge in [-0.1, -0.05) is 51.9 Å². The largest absolute Gasteiger partial charge is 0.507 e. The number of phenolic OH excluding ortho intramolecular Hbond substituents is 1. The number of aromatic nitrogens is 5. The number of amides is 1. The van der Waals surface area contributed by atoms with Gasteiger partial charge < -0.3 is 25.1 Å². The minimum atomic E-state index is -0.721. The van der Waals surface area contributed by atoms with Crippen molar-refractivity contribution in [3.8, 4) is 22.7 Å². The highest BCUT2D eigenvalue weighted by Crippen LogP contribution is 2.40. The molecule has 4 aromatic rings.